The van der Waals surface area contributed by atoms with Crippen LogP contribution >= 0.6 is 0 Å². The summed E-state index contributed by atoms with van der Waals surface area (Å²) in [4.78, 5) is 1.88. The average Bonchev–Trinajstić information content (AvgIpc) is 2.65. The van der Waals surface area contributed by atoms with E-state index in [4.69, 9.17) is 4.74 Å². The summed E-state index contributed by atoms with van der Waals surface area (Å²) < 4.78 is 6.43. The Kier molecular flexibility index (Phi) is 6.09. The van der Waals surface area contributed by atoms with Gasteiger partial charge in [0.1, 0.15) is 12.2 Å². The summed E-state index contributed by atoms with van der Waals surface area (Å²) in [7, 11) is 0. The van der Waals surface area contributed by atoms with Crippen LogP contribution in [0.3, 0.4) is 0 Å². The molecule has 28 heavy (non-hydrogen) atoms. The van der Waals surface area contributed by atoms with Crippen molar-refractivity contribution in [3.63, 3.8) is 0 Å². The Labute approximate surface area is 168 Å². The Morgan fingerprint density at radius 1 is 0.964 bits per heavy atom. The molecule has 0 aromatic heterocycles. The van der Waals surface area contributed by atoms with Gasteiger partial charge < -0.3 is 25.2 Å². The van der Waals surface area contributed by atoms with Gasteiger partial charge in [0.2, 0.25) is 0 Å². The molecule has 1 heterocycles. The predicted molar refractivity (Wildman–Crippen MR) is 105 cm³/mol. The Morgan fingerprint density at radius 2 is 1.57 bits per heavy atom. The van der Waals surface area contributed by atoms with Crippen LogP contribution in [-0.4, -0.2) is 75.7 Å². The molecule has 0 radical (unpaired) electrons. The number of β-amino-alcohol motifs (C(OH)–C–C–N with tert-alkyl or cyclic N) is 1. The molecule has 0 aromatic carbocycles. The van der Waals surface area contributed by atoms with E-state index in [1.165, 1.54) is 38.5 Å². The number of hydrogen-bond acceptors (Lipinski definition) is 6. The molecule has 0 amide bonds. The summed E-state index contributed by atoms with van der Waals surface area (Å²) in [6, 6.07) is 0. The van der Waals surface area contributed by atoms with E-state index in [0.29, 0.717) is 13.2 Å². The van der Waals surface area contributed by atoms with Crippen LogP contribution in [0, 0.1) is 23.2 Å². The van der Waals surface area contributed by atoms with Crippen LogP contribution in [0.2, 0.25) is 0 Å². The van der Waals surface area contributed by atoms with Crippen LogP contribution in [0.1, 0.15) is 64.7 Å². The maximum atomic E-state index is 10.9. The minimum Gasteiger partial charge on any atom is -0.392 e. The Hall–Kier alpha value is -0.240. The van der Waals surface area contributed by atoms with Gasteiger partial charge in [0.15, 0.2) is 5.72 Å². The first kappa shape index (κ1) is 21.0. The van der Waals surface area contributed by atoms with E-state index < -0.39 is 24.0 Å². The quantitative estimate of drug-likeness (QED) is 0.464. The van der Waals surface area contributed by atoms with Crippen LogP contribution < -0.4 is 0 Å². The van der Waals surface area contributed by atoms with E-state index in [-0.39, 0.29) is 18.6 Å². The molecule has 5 rings (SSSR count). The highest BCUT2D eigenvalue weighted by Gasteiger charge is 2.56. The standard InChI is InChI=1S/C22H39NO5/c1-2-3-4-5-23-12-18(25)19(26)20(27)22(23,13-24)28-14-21-9-15-6-16(10-21)8-17(7-15)11-21/h15-20,24-27H,2-14H2,1H3. The minimum atomic E-state index is -1.32. The number of nitrogens with zero attached hydrogens (tertiary/aromatic N) is 1. The molecule has 6 heteroatoms. The summed E-state index contributed by atoms with van der Waals surface area (Å²) in [5.74, 6) is 2.43. The molecule has 5 aliphatic rings. The van der Waals surface area contributed by atoms with E-state index in [0.717, 1.165) is 37.0 Å². The molecule has 1 saturated heterocycles. The maximum absolute atomic E-state index is 10.9. The molecule has 5 fully saturated rings. The lowest BCUT2D eigenvalue weighted by atomic mass is 9.50. The lowest BCUT2D eigenvalue weighted by Gasteiger charge is -2.58. The Morgan fingerprint density at radius 3 is 2.11 bits per heavy atom. The number of piperidine rings is 1. The van der Waals surface area contributed by atoms with Crippen LogP contribution in [0.15, 0.2) is 0 Å². The lowest BCUT2D eigenvalue weighted by Crippen LogP contribution is -2.72. The molecule has 4 aliphatic carbocycles. The molecule has 4 bridgehead atoms. The largest absolute Gasteiger partial charge is 0.392 e. The SMILES string of the molecule is CCCCCN1CC(O)C(O)C(O)C1(CO)OCC12CC3CC(CC(C3)C1)C2. The van der Waals surface area contributed by atoms with Gasteiger partial charge in [-0.1, -0.05) is 19.8 Å². The van der Waals surface area contributed by atoms with Gasteiger partial charge in [-0.2, -0.15) is 0 Å². The Bertz CT molecular complexity index is 508. The first-order valence-corrected chi connectivity index (χ1v) is 11.5. The first-order chi connectivity index (χ1) is 13.4. The third-order valence-electron chi connectivity index (χ3n) is 8.17. The lowest BCUT2D eigenvalue weighted by molar-refractivity contribution is -0.301. The van der Waals surface area contributed by atoms with Crippen molar-refractivity contribution in [1.82, 2.24) is 4.90 Å². The summed E-state index contributed by atoms with van der Waals surface area (Å²) in [5.41, 5.74) is -1.16. The van der Waals surface area contributed by atoms with Crippen molar-refractivity contribution < 1.29 is 25.2 Å². The molecule has 6 nitrogen and oxygen atoms in total. The zero-order valence-corrected chi connectivity index (χ0v) is 17.3. The van der Waals surface area contributed by atoms with Gasteiger partial charge in [0.05, 0.1) is 19.3 Å². The fraction of sp³-hybridized carbons (Fsp3) is 1.00. The first-order valence-electron chi connectivity index (χ1n) is 11.5. The molecular formula is C22H39NO5. The normalized spacial score (nSPS) is 48.3. The highest BCUT2D eigenvalue weighted by Crippen LogP contribution is 2.60. The second-order valence-electron chi connectivity index (χ2n) is 10.4. The van der Waals surface area contributed by atoms with E-state index in [2.05, 4.69) is 6.92 Å². The van der Waals surface area contributed by atoms with E-state index in [9.17, 15) is 20.4 Å². The van der Waals surface area contributed by atoms with Crippen LogP contribution in [0.4, 0.5) is 0 Å². The second-order valence-corrected chi connectivity index (χ2v) is 10.4. The van der Waals surface area contributed by atoms with Crippen LogP contribution in [0.25, 0.3) is 0 Å². The molecule has 162 valence electrons. The van der Waals surface area contributed by atoms with Crippen molar-refractivity contribution in [3.05, 3.63) is 0 Å². The zero-order valence-electron chi connectivity index (χ0n) is 17.3. The molecule has 4 atom stereocenters. The van der Waals surface area contributed by atoms with Gasteiger partial charge in [-0.3, -0.25) is 4.90 Å². The van der Waals surface area contributed by atoms with Gasteiger partial charge in [-0.15, -0.1) is 0 Å². The molecule has 4 unspecified atom stereocenters. The molecule has 4 N–H and O–H groups in total. The number of ether oxygens (including phenoxy) is 1. The van der Waals surface area contributed by atoms with Gasteiger partial charge in [-0.05, 0) is 68.1 Å². The fourth-order valence-corrected chi connectivity index (χ4v) is 7.15. The number of rotatable bonds is 8. The summed E-state index contributed by atoms with van der Waals surface area (Å²) >= 11 is 0. The van der Waals surface area contributed by atoms with Crippen molar-refractivity contribution in [2.45, 2.75) is 88.7 Å². The highest BCUT2D eigenvalue weighted by molar-refractivity contribution is 5.04. The molecule has 0 aromatic rings. The van der Waals surface area contributed by atoms with Crippen LogP contribution in [0.5, 0.6) is 0 Å². The monoisotopic (exact) mass is 397 g/mol. The topological polar surface area (TPSA) is 93.4 Å². The van der Waals surface area contributed by atoms with Crippen molar-refractivity contribution >= 4 is 0 Å². The smallest absolute Gasteiger partial charge is 0.173 e. The predicted octanol–water partition coefficient (Wildman–Crippen LogP) is 1.50. The van der Waals surface area contributed by atoms with Gasteiger partial charge in [0.25, 0.3) is 0 Å². The second kappa shape index (κ2) is 8.12. The third kappa shape index (κ3) is 3.65. The van der Waals surface area contributed by atoms with Crippen molar-refractivity contribution in [3.8, 4) is 0 Å². The average molecular weight is 398 g/mol. The minimum absolute atomic E-state index is 0.159. The van der Waals surface area contributed by atoms with E-state index in [1.54, 1.807) is 0 Å². The van der Waals surface area contributed by atoms with Crippen molar-refractivity contribution in [1.29, 1.82) is 0 Å². The molecular weight excluding hydrogens is 358 g/mol. The molecule has 1 aliphatic heterocycles. The maximum Gasteiger partial charge on any atom is 0.173 e. The molecule has 0 spiro atoms. The number of aliphatic hydroxyl groups is 4. The number of aliphatic hydroxyl groups excluding tert-OH is 4. The van der Waals surface area contributed by atoms with E-state index in [1.807, 2.05) is 4.90 Å². The number of hydrogen-bond donors (Lipinski definition) is 4. The third-order valence-corrected chi connectivity index (χ3v) is 8.17. The summed E-state index contributed by atoms with van der Waals surface area (Å²) in [5, 5.41) is 41.8. The molecule has 4 saturated carbocycles. The summed E-state index contributed by atoms with van der Waals surface area (Å²) in [6.45, 7) is 3.13. The van der Waals surface area contributed by atoms with Gasteiger partial charge in [-0.25, -0.2) is 0 Å². The Balaban J connectivity index is 1.51. The van der Waals surface area contributed by atoms with Crippen molar-refractivity contribution in [2.75, 3.05) is 26.3 Å². The number of unbranched alkanes of at least 4 members (excludes halogenated alkanes) is 2. The fourth-order valence-electron chi connectivity index (χ4n) is 7.15. The van der Waals surface area contributed by atoms with Crippen molar-refractivity contribution in [2.24, 2.45) is 23.2 Å². The van der Waals surface area contributed by atoms with Gasteiger partial charge in [0, 0.05) is 13.1 Å². The zero-order chi connectivity index (χ0) is 19.9. The van der Waals surface area contributed by atoms with Gasteiger partial charge >= 0.3 is 0 Å². The summed E-state index contributed by atoms with van der Waals surface area (Å²) in [6.07, 6.45) is 7.04. The van der Waals surface area contributed by atoms with Crippen LogP contribution in [-0.2, 0) is 4.74 Å². The highest BCUT2D eigenvalue weighted by atomic mass is 16.5. The van der Waals surface area contributed by atoms with E-state index >= 15 is 0 Å². The number of likely N-dealkylation sites (tertiary alicyclic amines) is 1.